The minimum absolute atomic E-state index is 0.860. The molecule has 10 rings (SSSR count). The topological polar surface area (TPSA) is 19.1 Å². The quantitative estimate of drug-likeness (QED) is 0.205. The van der Waals surface area contributed by atoms with Gasteiger partial charge in [0, 0.05) is 32.7 Å². The molecular formula is C42H26N2O. The molecule has 0 N–H and O–H groups in total. The van der Waals surface area contributed by atoms with Crippen LogP contribution in [0.1, 0.15) is 0 Å². The van der Waals surface area contributed by atoms with Gasteiger partial charge in [-0.3, -0.25) is 0 Å². The second-order valence-corrected chi connectivity index (χ2v) is 11.7. The zero-order chi connectivity index (χ0) is 29.5. The zero-order valence-electron chi connectivity index (χ0n) is 24.3. The molecule has 3 heteroatoms. The van der Waals surface area contributed by atoms with Crippen molar-refractivity contribution in [1.29, 1.82) is 0 Å². The highest BCUT2D eigenvalue weighted by atomic mass is 16.5. The Morgan fingerprint density at radius 3 is 1.51 bits per heavy atom. The summed E-state index contributed by atoms with van der Waals surface area (Å²) >= 11 is 0. The molecule has 0 saturated heterocycles. The lowest BCUT2D eigenvalue weighted by atomic mass is 9.92. The normalized spacial score (nSPS) is 12.2. The maximum absolute atomic E-state index is 6.64. The van der Waals surface area contributed by atoms with E-state index in [9.17, 15) is 0 Å². The summed E-state index contributed by atoms with van der Waals surface area (Å²) in [5.41, 5.74) is 11.6. The van der Waals surface area contributed by atoms with Crippen LogP contribution in [-0.4, -0.2) is 9.13 Å². The van der Waals surface area contributed by atoms with Gasteiger partial charge in [-0.05, 0) is 47.5 Å². The van der Waals surface area contributed by atoms with E-state index in [0.29, 0.717) is 0 Å². The Kier molecular flexibility index (Phi) is 5.00. The maximum Gasteiger partial charge on any atom is 0.152 e. The third-order valence-electron chi connectivity index (χ3n) is 9.33. The fourth-order valence-electron chi connectivity index (χ4n) is 7.50. The average molecular weight is 575 g/mol. The van der Waals surface area contributed by atoms with Crippen molar-refractivity contribution in [3.63, 3.8) is 0 Å². The summed E-state index contributed by atoms with van der Waals surface area (Å²) in [6, 6.07) is 56.4. The maximum atomic E-state index is 6.64. The first-order valence-corrected chi connectivity index (χ1v) is 15.4. The van der Waals surface area contributed by atoms with Gasteiger partial charge in [0.15, 0.2) is 11.5 Å². The molecule has 1 aliphatic rings. The molecule has 0 spiro atoms. The number of fused-ring (bicyclic) bond motifs is 8. The number of para-hydroxylation sites is 6. The van der Waals surface area contributed by atoms with Crippen molar-refractivity contribution in [2.75, 3.05) is 0 Å². The summed E-state index contributed by atoms with van der Waals surface area (Å²) in [6.07, 6.45) is 0. The van der Waals surface area contributed by atoms with E-state index >= 15 is 0 Å². The minimum Gasteiger partial charge on any atom is -0.453 e. The van der Waals surface area contributed by atoms with E-state index in [4.69, 9.17) is 4.74 Å². The molecule has 0 bridgehead atoms. The Hall–Kier alpha value is -6.06. The van der Waals surface area contributed by atoms with Crippen LogP contribution in [0, 0.1) is 0 Å². The van der Waals surface area contributed by atoms with E-state index in [1.807, 2.05) is 0 Å². The molecule has 0 unspecified atom stereocenters. The third kappa shape index (κ3) is 3.35. The number of rotatable bonds is 3. The largest absolute Gasteiger partial charge is 0.453 e. The first kappa shape index (κ1) is 24.4. The van der Waals surface area contributed by atoms with Crippen LogP contribution in [0.4, 0.5) is 0 Å². The van der Waals surface area contributed by atoms with Gasteiger partial charge in [0.25, 0.3) is 0 Å². The highest BCUT2D eigenvalue weighted by molar-refractivity contribution is 6.13. The number of nitrogens with zero attached hydrogens (tertiary/aromatic N) is 2. The number of benzene rings is 7. The lowest BCUT2D eigenvalue weighted by Crippen LogP contribution is -2.06. The summed E-state index contributed by atoms with van der Waals surface area (Å²) in [6.45, 7) is 0. The zero-order valence-corrected chi connectivity index (χ0v) is 24.3. The lowest BCUT2D eigenvalue weighted by Gasteiger charge is -2.25. The van der Waals surface area contributed by atoms with Crippen molar-refractivity contribution in [2.24, 2.45) is 0 Å². The molecule has 0 fully saturated rings. The van der Waals surface area contributed by atoms with Crippen molar-refractivity contribution < 1.29 is 4.74 Å². The van der Waals surface area contributed by atoms with Crippen molar-refractivity contribution in [2.45, 2.75) is 0 Å². The molecule has 0 atom stereocenters. The van der Waals surface area contributed by atoms with E-state index in [1.54, 1.807) is 0 Å². The van der Waals surface area contributed by atoms with Crippen LogP contribution in [0.2, 0.25) is 0 Å². The summed E-state index contributed by atoms with van der Waals surface area (Å²) in [4.78, 5) is 0. The van der Waals surface area contributed by atoms with Gasteiger partial charge in [-0.2, -0.15) is 0 Å². The highest BCUT2D eigenvalue weighted by Gasteiger charge is 2.27. The van der Waals surface area contributed by atoms with Gasteiger partial charge in [0.2, 0.25) is 0 Å². The third-order valence-corrected chi connectivity index (χ3v) is 9.33. The van der Waals surface area contributed by atoms with E-state index in [-0.39, 0.29) is 0 Å². The standard InChI is InChI=1S/C42H26N2O/c1-2-14-28(33-19-11-25-39-41(33)44-38-24-10-6-18-32(38)34-20-12-26-40(45-39)42(34)44)27(13-1)29-15-3-7-21-35(29)43-36-22-8-4-16-30(36)31-17-5-9-23-37(31)43/h1-26H. The van der Waals surface area contributed by atoms with Crippen LogP contribution < -0.4 is 4.74 Å². The minimum atomic E-state index is 0.860. The molecule has 0 aliphatic carbocycles. The van der Waals surface area contributed by atoms with Gasteiger partial charge in [-0.1, -0.05) is 121 Å². The van der Waals surface area contributed by atoms with Gasteiger partial charge >= 0.3 is 0 Å². The summed E-state index contributed by atoms with van der Waals surface area (Å²) in [5, 5.41) is 4.94. The molecule has 3 nitrogen and oxygen atoms in total. The molecule has 0 amide bonds. The Balaban J connectivity index is 1.27. The van der Waals surface area contributed by atoms with Crippen molar-refractivity contribution >= 4 is 43.6 Å². The second-order valence-electron chi connectivity index (χ2n) is 11.7. The predicted molar refractivity (Wildman–Crippen MR) is 186 cm³/mol. The smallest absolute Gasteiger partial charge is 0.152 e. The Morgan fingerprint density at radius 2 is 0.800 bits per heavy atom. The highest BCUT2D eigenvalue weighted by Crippen LogP contribution is 2.50. The first-order valence-electron chi connectivity index (χ1n) is 15.4. The van der Waals surface area contributed by atoms with E-state index in [0.717, 1.165) is 39.5 Å². The van der Waals surface area contributed by atoms with Crippen LogP contribution in [0.3, 0.4) is 0 Å². The molecule has 9 aromatic rings. The molecule has 1 aliphatic heterocycles. The van der Waals surface area contributed by atoms with E-state index in [2.05, 4.69) is 167 Å². The van der Waals surface area contributed by atoms with Gasteiger partial charge in [-0.25, -0.2) is 0 Å². The van der Waals surface area contributed by atoms with Crippen molar-refractivity contribution in [3.8, 4) is 45.1 Å². The van der Waals surface area contributed by atoms with Crippen LogP contribution in [0.25, 0.3) is 77.2 Å². The Morgan fingerprint density at radius 1 is 0.333 bits per heavy atom. The number of ether oxygens (including phenoxy) is 1. The molecule has 45 heavy (non-hydrogen) atoms. The fraction of sp³-hybridized carbons (Fsp3) is 0. The number of aromatic nitrogens is 2. The summed E-state index contributed by atoms with van der Waals surface area (Å²) < 4.78 is 11.5. The number of hydrogen-bond acceptors (Lipinski definition) is 1. The lowest BCUT2D eigenvalue weighted by molar-refractivity contribution is 0.477. The second kappa shape index (κ2) is 9.22. The van der Waals surface area contributed by atoms with Crippen LogP contribution in [0.15, 0.2) is 158 Å². The Labute approximate surface area is 259 Å². The van der Waals surface area contributed by atoms with Crippen molar-refractivity contribution in [1.82, 2.24) is 9.13 Å². The Bertz CT molecular complexity index is 2580. The molecule has 0 radical (unpaired) electrons. The molecule has 2 aromatic heterocycles. The van der Waals surface area contributed by atoms with Crippen LogP contribution in [-0.2, 0) is 0 Å². The van der Waals surface area contributed by atoms with E-state index in [1.165, 1.54) is 49.2 Å². The average Bonchev–Trinajstić information content (AvgIpc) is 3.62. The molecule has 7 aromatic carbocycles. The summed E-state index contributed by atoms with van der Waals surface area (Å²) in [7, 11) is 0. The van der Waals surface area contributed by atoms with Gasteiger partial charge in [0.05, 0.1) is 33.4 Å². The number of hydrogen-bond donors (Lipinski definition) is 0. The van der Waals surface area contributed by atoms with Crippen LogP contribution in [0.5, 0.6) is 11.5 Å². The molecule has 3 heterocycles. The van der Waals surface area contributed by atoms with Crippen LogP contribution >= 0.6 is 0 Å². The SMILES string of the molecule is c1ccc(-c2cccc3c2-n2c4ccccc4c4cccc(c42)O3)c(-c2ccccc2-n2c3ccccc3c3ccccc32)c1. The predicted octanol–water partition coefficient (Wildman–Crippen LogP) is 11.3. The monoisotopic (exact) mass is 574 g/mol. The van der Waals surface area contributed by atoms with Crippen molar-refractivity contribution in [3.05, 3.63) is 158 Å². The van der Waals surface area contributed by atoms with Gasteiger partial charge in [-0.15, -0.1) is 0 Å². The molecule has 210 valence electrons. The molecule has 0 saturated carbocycles. The fourth-order valence-corrected chi connectivity index (χ4v) is 7.50. The van der Waals surface area contributed by atoms with Gasteiger partial charge < -0.3 is 13.9 Å². The van der Waals surface area contributed by atoms with E-state index < -0.39 is 0 Å². The van der Waals surface area contributed by atoms with Gasteiger partial charge in [0.1, 0.15) is 0 Å². The summed E-state index contributed by atoms with van der Waals surface area (Å²) in [5.74, 6) is 1.75. The molecular weight excluding hydrogens is 548 g/mol. The first-order chi connectivity index (χ1) is 22.4.